The van der Waals surface area contributed by atoms with Gasteiger partial charge in [-0.05, 0) is 48.0 Å². The van der Waals surface area contributed by atoms with E-state index < -0.39 is 5.97 Å². The van der Waals surface area contributed by atoms with Crippen molar-refractivity contribution in [1.82, 2.24) is 0 Å². The zero-order valence-corrected chi connectivity index (χ0v) is 18.8. The van der Waals surface area contributed by atoms with Crippen LogP contribution in [0.3, 0.4) is 0 Å². The zero-order valence-electron chi connectivity index (χ0n) is 18.8. The topological polar surface area (TPSA) is 80.3 Å². The van der Waals surface area contributed by atoms with Crippen LogP contribution in [0.25, 0.3) is 6.08 Å². The molecular weight excluding hydrogens is 424 g/mol. The summed E-state index contributed by atoms with van der Waals surface area (Å²) in [6.07, 6.45) is 3.07. The fourth-order valence-electron chi connectivity index (χ4n) is 3.10. The van der Waals surface area contributed by atoms with E-state index in [9.17, 15) is 9.59 Å². The van der Waals surface area contributed by atoms with Crippen molar-refractivity contribution in [3.05, 3.63) is 83.4 Å². The van der Waals surface area contributed by atoms with E-state index in [1.54, 1.807) is 73.8 Å². The van der Waals surface area contributed by atoms with E-state index >= 15 is 0 Å². The van der Waals surface area contributed by atoms with Crippen molar-refractivity contribution in [1.29, 1.82) is 0 Å². The van der Waals surface area contributed by atoms with Crippen molar-refractivity contribution < 1.29 is 33.3 Å². The summed E-state index contributed by atoms with van der Waals surface area (Å²) >= 11 is 0. The smallest absolute Gasteiger partial charge is 0.347 e. The van der Waals surface area contributed by atoms with Crippen molar-refractivity contribution in [2.24, 2.45) is 0 Å². The fraction of sp³-hybridized carbons (Fsp3) is 0.154. The third kappa shape index (κ3) is 5.51. The molecule has 0 saturated heterocycles. The molecular formula is C26H24O7. The summed E-state index contributed by atoms with van der Waals surface area (Å²) in [5.41, 5.74) is 1.39. The van der Waals surface area contributed by atoms with Gasteiger partial charge in [0.15, 0.2) is 17.3 Å². The maximum absolute atomic E-state index is 12.7. The number of carbonyl (C=O) groups excluding carboxylic acids is 2. The highest BCUT2D eigenvalue weighted by molar-refractivity contribution is 6.08. The average molecular weight is 448 g/mol. The van der Waals surface area contributed by atoms with Gasteiger partial charge in [-0.15, -0.1) is 0 Å². The lowest BCUT2D eigenvalue weighted by molar-refractivity contribution is 0.0726. The van der Waals surface area contributed by atoms with E-state index in [-0.39, 0.29) is 11.5 Å². The van der Waals surface area contributed by atoms with Crippen LogP contribution in [0.15, 0.2) is 66.7 Å². The van der Waals surface area contributed by atoms with Gasteiger partial charge in [0.25, 0.3) is 0 Å². The predicted octanol–water partition coefficient (Wildman–Crippen LogP) is 4.84. The number of ether oxygens (including phenoxy) is 5. The third-order valence-electron chi connectivity index (χ3n) is 4.82. The van der Waals surface area contributed by atoms with Gasteiger partial charge in [0, 0.05) is 6.07 Å². The Morgan fingerprint density at radius 2 is 1.39 bits per heavy atom. The molecule has 0 aliphatic rings. The first-order chi connectivity index (χ1) is 16.0. The summed E-state index contributed by atoms with van der Waals surface area (Å²) in [6.45, 7) is 0. The molecule has 7 heteroatoms. The SMILES string of the molecule is COc1ccc(C(=O)C=Cc2ccc(OC(=O)c3ccccc3OC)c(OC)c2)c(OC)c1. The first kappa shape index (κ1) is 23.4. The number of hydrogen-bond donors (Lipinski definition) is 0. The van der Waals surface area contributed by atoms with Gasteiger partial charge in [0.1, 0.15) is 22.8 Å². The van der Waals surface area contributed by atoms with E-state index in [0.29, 0.717) is 39.7 Å². The van der Waals surface area contributed by atoms with E-state index in [4.69, 9.17) is 23.7 Å². The van der Waals surface area contributed by atoms with E-state index in [2.05, 4.69) is 0 Å². The maximum atomic E-state index is 12.7. The summed E-state index contributed by atoms with van der Waals surface area (Å²) in [5.74, 6) is 1.20. The van der Waals surface area contributed by atoms with Crippen molar-refractivity contribution in [3.8, 4) is 28.7 Å². The normalized spacial score (nSPS) is 10.5. The van der Waals surface area contributed by atoms with Gasteiger partial charge in [-0.3, -0.25) is 4.79 Å². The summed E-state index contributed by atoms with van der Waals surface area (Å²) in [7, 11) is 5.99. The van der Waals surface area contributed by atoms with Crippen LogP contribution < -0.4 is 23.7 Å². The van der Waals surface area contributed by atoms with E-state index in [1.165, 1.54) is 27.4 Å². The molecule has 3 rings (SSSR count). The highest BCUT2D eigenvalue weighted by Crippen LogP contribution is 2.31. The van der Waals surface area contributed by atoms with Gasteiger partial charge in [0.05, 0.1) is 34.0 Å². The highest BCUT2D eigenvalue weighted by atomic mass is 16.6. The maximum Gasteiger partial charge on any atom is 0.347 e. The molecule has 170 valence electrons. The van der Waals surface area contributed by atoms with Crippen molar-refractivity contribution in [3.63, 3.8) is 0 Å². The standard InChI is InChI=1S/C26H24O7/c1-29-18-11-12-19(24(16-18)31-3)21(27)13-9-17-10-14-23(25(15-17)32-4)33-26(28)20-7-5-6-8-22(20)30-2/h5-16H,1-4H3. The van der Waals surface area contributed by atoms with Gasteiger partial charge in [0.2, 0.25) is 0 Å². The molecule has 0 aliphatic carbocycles. The zero-order chi connectivity index (χ0) is 23.8. The van der Waals surface area contributed by atoms with Gasteiger partial charge in [-0.1, -0.05) is 24.3 Å². The van der Waals surface area contributed by atoms with Gasteiger partial charge >= 0.3 is 5.97 Å². The largest absolute Gasteiger partial charge is 0.497 e. The second-order valence-electron chi connectivity index (χ2n) is 6.76. The van der Waals surface area contributed by atoms with E-state index in [1.807, 2.05) is 0 Å². The molecule has 0 atom stereocenters. The van der Waals surface area contributed by atoms with Crippen LogP contribution in [-0.2, 0) is 0 Å². The summed E-state index contributed by atoms with van der Waals surface area (Å²) < 4.78 is 26.5. The van der Waals surface area contributed by atoms with Gasteiger partial charge in [-0.25, -0.2) is 4.79 Å². The summed E-state index contributed by atoms with van der Waals surface area (Å²) in [4.78, 5) is 25.2. The molecule has 0 aromatic heterocycles. The molecule has 3 aromatic carbocycles. The Morgan fingerprint density at radius 1 is 0.667 bits per heavy atom. The highest BCUT2D eigenvalue weighted by Gasteiger charge is 2.17. The first-order valence-corrected chi connectivity index (χ1v) is 9.98. The molecule has 0 heterocycles. The Balaban J connectivity index is 1.79. The Labute approximate surface area is 192 Å². The Bertz CT molecular complexity index is 1180. The van der Waals surface area contributed by atoms with Crippen molar-refractivity contribution in [2.75, 3.05) is 28.4 Å². The van der Waals surface area contributed by atoms with Crippen molar-refractivity contribution >= 4 is 17.8 Å². The molecule has 0 N–H and O–H groups in total. The second-order valence-corrected chi connectivity index (χ2v) is 6.76. The van der Waals surface area contributed by atoms with Crippen LogP contribution in [-0.4, -0.2) is 40.2 Å². The minimum atomic E-state index is -0.573. The summed E-state index contributed by atoms with van der Waals surface area (Å²) in [6, 6.07) is 16.7. The number of ketones is 1. The molecule has 0 bridgehead atoms. The van der Waals surface area contributed by atoms with E-state index in [0.717, 1.165) is 0 Å². The van der Waals surface area contributed by atoms with Crippen LogP contribution in [0.1, 0.15) is 26.3 Å². The second kappa shape index (κ2) is 10.9. The van der Waals surface area contributed by atoms with Crippen LogP contribution in [0.5, 0.6) is 28.7 Å². The molecule has 0 amide bonds. The molecule has 0 fully saturated rings. The molecule has 0 spiro atoms. The Kier molecular flexibility index (Phi) is 7.70. The number of allylic oxidation sites excluding steroid dienone is 1. The molecule has 0 aliphatic heterocycles. The third-order valence-corrected chi connectivity index (χ3v) is 4.82. The molecule has 0 saturated carbocycles. The molecule has 7 nitrogen and oxygen atoms in total. The number of rotatable bonds is 9. The fourth-order valence-corrected chi connectivity index (χ4v) is 3.10. The number of esters is 1. The molecule has 0 radical (unpaired) electrons. The quantitative estimate of drug-likeness (QED) is 0.201. The van der Waals surface area contributed by atoms with Crippen LogP contribution in [0.2, 0.25) is 0 Å². The van der Waals surface area contributed by atoms with Crippen molar-refractivity contribution in [2.45, 2.75) is 0 Å². The lowest BCUT2D eigenvalue weighted by atomic mass is 10.1. The van der Waals surface area contributed by atoms with Crippen LogP contribution >= 0.6 is 0 Å². The van der Waals surface area contributed by atoms with Gasteiger partial charge < -0.3 is 23.7 Å². The number of hydrogen-bond acceptors (Lipinski definition) is 7. The Morgan fingerprint density at radius 3 is 2.09 bits per heavy atom. The minimum absolute atomic E-state index is 0.236. The van der Waals surface area contributed by atoms with Crippen LogP contribution in [0, 0.1) is 0 Å². The molecule has 0 unspecified atom stereocenters. The summed E-state index contributed by atoms with van der Waals surface area (Å²) in [5, 5.41) is 0. The number of benzene rings is 3. The first-order valence-electron chi connectivity index (χ1n) is 9.98. The molecule has 33 heavy (non-hydrogen) atoms. The average Bonchev–Trinajstić information content (AvgIpc) is 2.87. The monoisotopic (exact) mass is 448 g/mol. The number of para-hydroxylation sites is 1. The van der Waals surface area contributed by atoms with Gasteiger partial charge in [-0.2, -0.15) is 0 Å². The minimum Gasteiger partial charge on any atom is -0.497 e. The Hall–Kier alpha value is -4.26. The lowest BCUT2D eigenvalue weighted by Crippen LogP contribution is -2.10. The number of carbonyl (C=O) groups is 2. The lowest BCUT2D eigenvalue weighted by Gasteiger charge is -2.11. The molecule has 3 aromatic rings. The number of methoxy groups -OCH3 is 4. The predicted molar refractivity (Wildman–Crippen MR) is 124 cm³/mol. The van der Waals surface area contributed by atoms with Crippen LogP contribution in [0.4, 0.5) is 0 Å².